The van der Waals surface area contributed by atoms with E-state index < -0.39 is 0 Å². The highest BCUT2D eigenvalue weighted by Gasteiger charge is 2.14. The van der Waals surface area contributed by atoms with Crippen LogP contribution in [-0.4, -0.2) is 32.8 Å². The van der Waals surface area contributed by atoms with Gasteiger partial charge in [-0.05, 0) is 26.7 Å². The lowest BCUT2D eigenvalue weighted by molar-refractivity contribution is 0.596. The molecule has 2 aromatic heterocycles. The van der Waals surface area contributed by atoms with E-state index in [0.29, 0.717) is 13.1 Å². The number of nitrogens with zero attached hydrogens (tertiary/aromatic N) is 5. The van der Waals surface area contributed by atoms with Crippen LogP contribution in [0.5, 0.6) is 0 Å². The van der Waals surface area contributed by atoms with Crippen molar-refractivity contribution in [2.45, 2.75) is 59.2 Å². The number of rotatable bonds is 4. The number of thiazole rings is 1. The van der Waals surface area contributed by atoms with Gasteiger partial charge in [0.1, 0.15) is 10.8 Å². The summed E-state index contributed by atoms with van der Waals surface area (Å²) in [5, 5.41) is 16.4. The second-order valence-corrected chi connectivity index (χ2v) is 7.31. The molecule has 0 aromatic carbocycles. The first kappa shape index (κ1) is 20.1. The van der Waals surface area contributed by atoms with Crippen LogP contribution in [0.1, 0.15) is 46.5 Å². The maximum Gasteiger partial charge on any atom is 0.191 e. The van der Waals surface area contributed by atoms with Gasteiger partial charge >= 0.3 is 0 Å². The van der Waals surface area contributed by atoms with E-state index in [2.05, 4.69) is 42.3 Å². The second kappa shape index (κ2) is 9.46. The van der Waals surface area contributed by atoms with E-state index in [1.807, 2.05) is 6.92 Å². The molecule has 1 aliphatic heterocycles. The third-order valence-electron chi connectivity index (χ3n) is 4.30. The van der Waals surface area contributed by atoms with E-state index in [0.717, 1.165) is 41.3 Å². The van der Waals surface area contributed by atoms with E-state index in [9.17, 15) is 0 Å². The van der Waals surface area contributed by atoms with E-state index in [1.54, 1.807) is 18.4 Å². The van der Waals surface area contributed by atoms with Crippen LogP contribution in [0.15, 0.2) is 4.99 Å². The highest BCUT2D eigenvalue weighted by Crippen LogP contribution is 2.16. The van der Waals surface area contributed by atoms with Crippen molar-refractivity contribution in [2.24, 2.45) is 4.99 Å². The van der Waals surface area contributed by atoms with Crippen LogP contribution in [0.3, 0.4) is 0 Å². The Labute approximate surface area is 169 Å². The molecule has 0 radical (unpaired) electrons. The molecule has 0 bridgehead atoms. The van der Waals surface area contributed by atoms with Gasteiger partial charge in [0.2, 0.25) is 0 Å². The Morgan fingerprint density at radius 1 is 1.16 bits per heavy atom. The molecule has 0 aliphatic carbocycles. The number of nitrogens with one attached hydrogen (secondary N) is 2. The van der Waals surface area contributed by atoms with Gasteiger partial charge in [-0.25, -0.2) is 4.98 Å². The SMILES string of the molecule is CN=C(NCc1nc(C)c(C)s1)NCc1nnc2n1CCCCC2.I. The molecule has 0 saturated heterocycles. The van der Waals surface area contributed by atoms with E-state index in [1.165, 1.54) is 24.1 Å². The van der Waals surface area contributed by atoms with E-state index in [4.69, 9.17) is 0 Å². The van der Waals surface area contributed by atoms with Crippen LogP contribution >= 0.6 is 35.3 Å². The predicted octanol–water partition coefficient (Wildman–Crippen LogP) is 2.56. The normalized spacial score (nSPS) is 14.4. The Kier molecular flexibility index (Phi) is 7.60. The summed E-state index contributed by atoms with van der Waals surface area (Å²) in [7, 11) is 1.78. The Morgan fingerprint density at radius 2 is 1.96 bits per heavy atom. The molecule has 138 valence electrons. The van der Waals surface area contributed by atoms with Crippen molar-refractivity contribution in [3.63, 3.8) is 0 Å². The lowest BCUT2D eigenvalue weighted by atomic mass is 10.2. The molecule has 0 unspecified atom stereocenters. The second-order valence-electron chi connectivity index (χ2n) is 6.02. The molecule has 2 aromatic rings. The molecular formula is C16H26IN7S. The Bertz CT molecular complexity index is 703. The summed E-state index contributed by atoms with van der Waals surface area (Å²) in [6.45, 7) is 6.46. The number of fused-ring (bicyclic) bond motifs is 1. The van der Waals surface area contributed by atoms with Crippen molar-refractivity contribution >= 4 is 41.3 Å². The fraction of sp³-hybridized carbons (Fsp3) is 0.625. The zero-order chi connectivity index (χ0) is 16.9. The smallest absolute Gasteiger partial charge is 0.191 e. The number of halogens is 1. The fourth-order valence-corrected chi connectivity index (χ4v) is 3.71. The maximum atomic E-state index is 4.54. The van der Waals surface area contributed by atoms with Crippen LogP contribution in [0, 0.1) is 13.8 Å². The minimum atomic E-state index is 0. The average molecular weight is 475 g/mol. The van der Waals surface area contributed by atoms with Crippen LogP contribution in [0.2, 0.25) is 0 Å². The molecule has 0 atom stereocenters. The van der Waals surface area contributed by atoms with Gasteiger partial charge in [-0.2, -0.15) is 0 Å². The van der Waals surface area contributed by atoms with Gasteiger partial charge in [0.15, 0.2) is 11.8 Å². The molecule has 9 heteroatoms. The third-order valence-corrected chi connectivity index (χ3v) is 5.38. The molecule has 0 saturated carbocycles. The standard InChI is InChI=1S/C16H25N7S.HI/c1-11-12(2)24-15(20-11)10-19-16(17-3)18-9-14-22-21-13-7-5-4-6-8-23(13)14;/h4-10H2,1-3H3,(H2,17,18,19);1H. The Balaban J connectivity index is 0.00000225. The van der Waals surface area contributed by atoms with Crippen LogP contribution < -0.4 is 10.6 Å². The van der Waals surface area contributed by atoms with E-state index >= 15 is 0 Å². The molecule has 25 heavy (non-hydrogen) atoms. The number of hydrogen-bond donors (Lipinski definition) is 2. The predicted molar refractivity (Wildman–Crippen MR) is 112 cm³/mol. The first-order valence-electron chi connectivity index (χ1n) is 8.45. The molecule has 3 heterocycles. The molecular weight excluding hydrogens is 449 g/mol. The Morgan fingerprint density at radius 3 is 2.68 bits per heavy atom. The maximum absolute atomic E-state index is 4.54. The van der Waals surface area contributed by atoms with E-state index in [-0.39, 0.29) is 24.0 Å². The summed E-state index contributed by atoms with van der Waals surface area (Å²) >= 11 is 1.72. The minimum Gasteiger partial charge on any atom is -0.350 e. The van der Waals surface area contributed by atoms with Crippen molar-refractivity contribution in [1.82, 2.24) is 30.4 Å². The summed E-state index contributed by atoms with van der Waals surface area (Å²) in [6.07, 6.45) is 4.71. The van der Waals surface area contributed by atoms with Crippen molar-refractivity contribution in [3.05, 3.63) is 27.2 Å². The molecule has 3 rings (SSSR count). The number of guanidine groups is 1. The van der Waals surface area contributed by atoms with Gasteiger partial charge in [0.05, 0.1) is 18.8 Å². The topological polar surface area (TPSA) is 80.0 Å². The average Bonchev–Trinajstić information content (AvgIpc) is 3.01. The monoisotopic (exact) mass is 475 g/mol. The number of aromatic nitrogens is 4. The summed E-state index contributed by atoms with van der Waals surface area (Å²) in [4.78, 5) is 10.1. The summed E-state index contributed by atoms with van der Waals surface area (Å²) < 4.78 is 2.25. The highest BCUT2D eigenvalue weighted by atomic mass is 127. The number of aryl methyl sites for hydroxylation is 3. The minimum absolute atomic E-state index is 0. The molecule has 0 amide bonds. The largest absolute Gasteiger partial charge is 0.350 e. The van der Waals surface area contributed by atoms with Gasteiger partial charge < -0.3 is 15.2 Å². The van der Waals surface area contributed by atoms with Crippen molar-refractivity contribution in [1.29, 1.82) is 0 Å². The quantitative estimate of drug-likeness (QED) is 0.404. The molecule has 2 N–H and O–H groups in total. The van der Waals surface area contributed by atoms with Gasteiger partial charge in [0, 0.05) is 24.9 Å². The van der Waals surface area contributed by atoms with Crippen LogP contribution in [0.25, 0.3) is 0 Å². The molecule has 1 aliphatic rings. The zero-order valence-corrected chi connectivity index (χ0v) is 18.1. The first-order valence-corrected chi connectivity index (χ1v) is 9.27. The van der Waals surface area contributed by atoms with Crippen LogP contribution in [-0.2, 0) is 26.1 Å². The number of aliphatic imine (C=N–C) groups is 1. The van der Waals surface area contributed by atoms with Gasteiger partial charge in [0.25, 0.3) is 0 Å². The zero-order valence-electron chi connectivity index (χ0n) is 15.0. The summed E-state index contributed by atoms with van der Waals surface area (Å²) in [6, 6.07) is 0. The van der Waals surface area contributed by atoms with Crippen molar-refractivity contribution in [3.8, 4) is 0 Å². The number of hydrogen-bond acceptors (Lipinski definition) is 5. The lowest BCUT2D eigenvalue weighted by Gasteiger charge is -2.12. The molecule has 0 spiro atoms. The summed E-state index contributed by atoms with van der Waals surface area (Å²) in [5.74, 6) is 2.85. The Hall–Kier alpha value is -1.23. The fourth-order valence-electron chi connectivity index (χ4n) is 2.83. The first-order chi connectivity index (χ1) is 11.7. The van der Waals surface area contributed by atoms with Crippen LogP contribution in [0.4, 0.5) is 0 Å². The summed E-state index contributed by atoms with van der Waals surface area (Å²) in [5.41, 5.74) is 1.10. The van der Waals surface area contributed by atoms with Gasteiger partial charge in [-0.3, -0.25) is 4.99 Å². The van der Waals surface area contributed by atoms with Gasteiger partial charge in [-0.15, -0.1) is 45.5 Å². The van der Waals surface area contributed by atoms with Gasteiger partial charge in [-0.1, -0.05) is 6.42 Å². The van der Waals surface area contributed by atoms with Crippen molar-refractivity contribution < 1.29 is 0 Å². The third kappa shape index (κ3) is 5.13. The molecule has 0 fully saturated rings. The van der Waals surface area contributed by atoms with Crippen molar-refractivity contribution in [2.75, 3.05) is 7.05 Å². The lowest BCUT2D eigenvalue weighted by Crippen LogP contribution is -2.37. The highest BCUT2D eigenvalue weighted by molar-refractivity contribution is 14.0. The molecule has 7 nitrogen and oxygen atoms in total.